The number of ketones is 2. The summed E-state index contributed by atoms with van der Waals surface area (Å²) >= 11 is 0. The zero-order valence-electron chi connectivity index (χ0n) is 10.8. The Kier molecular flexibility index (Phi) is 5.40. The van der Waals surface area contributed by atoms with Crippen molar-refractivity contribution in [3.63, 3.8) is 0 Å². The number of amides is 1. The molecule has 0 unspecified atom stereocenters. The number of alkyl halides is 3. The van der Waals surface area contributed by atoms with E-state index in [-0.39, 0.29) is 12.0 Å². The van der Waals surface area contributed by atoms with Gasteiger partial charge in [-0.2, -0.15) is 13.2 Å². The van der Waals surface area contributed by atoms with Crippen LogP contribution in [0.1, 0.15) is 28.8 Å². The number of halogens is 3. The third kappa shape index (κ3) is 5.60. The normalized spacial score (nSPS) is 11.6. The first-order valence-corrected chi connectivity index (χ1v) is 5.88. The highest BCUT2D eigenvalue weighted by atomic mass is 19.4. The van der Waals surface area contributed by atoms with Crippen molar-refractivity contribution in [2.75, 3.05) is 0 Å². The molecule has 2 N–H and O–H groups in total. The van der Waals surface area contributed by atoms with E-state index in [1.807, 2.05) is 0 Å². The van der Waals surface area contributed by atoms with Crippen molar-refractivity contribution in [3.05, 3.63) is 41.5 Å². The van der Waals surface area contributed by atoms with Crippen LogP contribution in [0, 0.1) is 0 Å². The van der Waals surface area contributed by atoms with Gasteiger partial charge in [0.2, 0.25) is 11.7 Å². The van der Waals surface area contributed by atoms with Crippen molar-refractivity contribution >= 4 is 23.5 Å². The molecule has 21 heavy (non-hydrogen) atoms. The molecule has 1 rings (SSSR count). The van der Waals surface area contributed by atoms with Crippen LogP contribution in [-0.4, -0.2) is 23.6 Å². The van der Waals surface area contributed by atoms with Gasteiger partial charge in [0.05, 0.1) is 6.42 Å². The molecule has 0 radical (unpaired) electrons. The number of hydrogen-bond donors (Lipinski definition) is 1. The van der Waals surface area contributed by atoms with Crippen molar-refractivity contribution in [2.45, 2.75) is 19.0 Å². The van der Waals surface area contributed by atoms with Gasteiger partial charge in [0, 0.05) is 12.0 Å². The Labute approximate surface area is 118 Å². The lowest BCUT2D eigenvalue weighted by Crippen LogP contribution is -2.25. The highest BCUT2D eigenvalue weighted by Gasteiger charge is 2.39. The molecule has 0 fully saturated rings. The number of Topliss-reactive ketones (excluding diaryl/α,β-unsaturated/α-hetero) is 2. The van der Waals surface area contributed by atoms with Gasteiger partial charge in [-0.15, -0.1) is 0 Å². The minimum atomic E-state index is -5.01. The predicted octanol–water partition coefficient (Wildman–Crippen LogP) is 2.28. The summed E-state index contributed by atoms with van der Waals surface area (Å²) in [5.74, 6) is -3.47. The highest BCUT2D eigenvalue weighted by Crippen LogP contribution is 2.19. The van der Waals surface area contributed by atoms with Gasteiger partial charge in [-0.25, -0.2) is 0 Å². The van der Waals surface area contributed by atoms with Crippen molar-refractivity contribution in [3.8, 4) is 0 Å². The number of carbonyl (C=O) groups excluding carboxylic acids is 3. The van der Waals surface area contributed by atoms with Crippen molar-refractivity contribution in [1.82, 2.24) is 0 Å². The molecular formula is C14H12F3NO3. The molecular weight excluding hydrogens is 287 g/mol. The smallest absolute Gasteiger partial charge is 0.369 e. The minimum absolute atomic E-state index is 0.0136. The Morgan fingerprint density at radius 3 is 2.14 bits per heavy atom. The first-order chi connectivity index (χ1) is 9.70. The topological polar surface area (TPSA) is 77.2 Å². The van der Waals surface area contributed by atoms with Gasteiger partial charge in [-0.3, -0.25) is 14.4 Å². The van der Waals surface area contributed by atoms with Gasteiger partial charge in [0.15, 0.2) is 5.78 Å². The van der Waals surface area contributed by atoms with Crippen LogP contribution in [0.3, 0.4) is 0 Å². The SMILES string of the molecule is NC(=O)CC=Cc1ccc(C(=O)CC(=O)C(F)(F)F)cc1. The standard InChI is InChI=1S/C14H12F3NO3/c15-14(16,17)12(20)8-11(19)10-6-4-9(5-7-10)2-1-3-13(18)21/h1-2,4-7H,3,8H2,(H2,18,21). The first kappa shape index (κ1) is 16.6. The van der Waals surface area contributed by atoms with Gasteiger partial charge in [-0.05, 0) is 5.56 Å². The third-order valence-electron chi connectivity index (χ3n) is 2.50. The van der Waals surface area contributed by atoms with Crippen LogP contribution < -0.4 is 5.73 Å². The fourth-order valence-corrected chi connectivity index (χ4v) is 1.44. The molecule has 1 aromatic carbocycles. The van der Waals surface area contributed by atoms with E-state index in [9.17, 15) is 27.6 Å². The Morgan fingerprint density at radius 1 is 1.10 bits per heavy atom. The first-order valence-electron chi connectivity index (χ1n) is 5.88. The van der Waals surface area contributed by atoms with Crippen LogP contribution in [0.2, 0.25) is 0 Å². The molecule has 0 spiro atoms. The monoisotopic (exact) mass is 299 g/mol. The van der Waals surface area contributed by atoms with E-state index in [1.54, 1.807) is 6.08 Å². The molecule has 0 aliphatic carbocycles. The Balaban J connectivity index is 2.70. The lowest BCUT2D eigenvalue weighted by molar-refractivity contribution is -0.170. The number of nitrogens with two attached hydrogens (primary N) is 1. The summed E-state index contributed by atoms with van der Waals surface area (Å²) in [6.45, 7) is 0. The molecule has 0 saturated heterocycles. The van der Waals surface area contributed by atoms with Crippen molar-refractivity contribution in [1.29, 1.82) is 0 Å². The van der Waals surface area contributed by atoms with Crippen LogP contribution in [0.5, 0.6) is 0 Å². The van der Waals surface area contributed by atoms with Gasteiger partial charge < -0.3 is 5.73 Å². The molecule has 0 saturated carbocycles. The second kappa shape index (κ2) is 6.83. The molecule has 1 aromatic rings. The number of rotatable bonds is 6. The largest absolute Gasteiger partial charge is 0.450 e. The summed E-state index contributed by atoms with van der Waals surface area (Å²) in [6.07, 6.45) is -3.06. The molecule has 4 nitrogen and oxygen atoms in total. The average molecular weight is 299 g/mol. The van der Waals surface area contributed by atoms with Crippen LogP contribution in [0.25, 0.3) is 6.08 Å². The van der Waals surface area contributed by atoms with E-state index < -0.39 is 30.1 Å². The second-order valence-electron chi connectivity index (χ2n) is 4.22. The number of hydrogen-bond acceptors (Lipinski definition) is 3. The maximum Gasteiger partial charge on any atom is 0.450 e. The van der Waals surface area contributed by atoms with Crippen LogP contribution in [0.4, 0.5) is 13.2 Å². The van der Waals surface area contributed by atoms with E-state index in [1.165, 1.54) is 30.3 Å². The number of primary amides is 1. The fourth-order valence-electron chi connectivity index (χ4n) is 1.44. The zero-order valence-corrected chi connectivity index (χ0v) is 10.8. The lowest BCUT2D eigenvalue weighted by Gasteiger charge is -2.04. The predicted molar refractivity (Wildman–Crippen MR) is 69.3 cm³/mol. The van der Waals surface area contributed by atoms with Gasteiger partial charge in [0.1, 0.15) is 0 Å². The maximum absolute atomic E-state index is 12.0. The molecule has 7 heteroatoms. The van der Waals surface area contributed by atoms with Crippen molar-refractivity contribution < 1.29 is 27.6 Å². The summed E-state index contributed by atoms with van der Waals surface area (Å²) in [6, 6.07) is 5.61. The molecule has 1 amide bonds. The molecule has 0 aromatic heterocycles. The molecule has 0 aliphatic rings. The van der Waals surface area contributed by atoms with Crippen LogP contribution in [0.15, 0.2) is 30.3 Å². The minimum Gasteiger partial charge on any atom is -0.369 e. The van der Waals surface area contributed by atoms with Gasteiger partial charge in [-0.1, -0.05) is 36.4 Å². The summed E-state index contributed by atoms with van der Waals surface area (Å²) in [7, 11) is 0. The fraction of sp³-hybridized carbons (Fsp3) is 0.214. The van der Waals surface area contributed by atoms with E-state index in [0.29, 0.717) is 5.56 Å². The molecule has 0 atom stereocenters. The molecule has 112 valence electrons. The maximum atomic E-state index is 12.0. The summed E-state index contributed by atoms with van der Waals surface area (Å²) in [4.78, 5) is 32.8. The van der Waals surface area contributed by atoms with E-state index >= 15 is 0 Å². The molecule has 0 bridgehead atoms. The van der Waals surface area contributed by atoms with E-state index in [2.05, 4.69) is 0 Å². The number of benzene rings is 1. The van der Waals surface area contributed by atoms with Crippen LogP contribution >= 0.6 is 0 Å². The summed E-state index contributed by atoms with van der Waals surface area (Å²) in [5, 5.41) is 0. The third-order valence-corrected chi connectivity index (χ3v) is 2.50. The summed E-state index contributed by atoms with van der Waals surface area (Å²) < 4.78 is 36.1. The molecule has 0 aliphatic heterocycles. The Morgan fingerprint density at radius 2 is 1.67 bits per heavy atom. The van der Waals surface area contributed by atoms with Crippen molar-refractivity contribution in [2.24, 2.45) is 5.73 Å². The number of carbonyl (C=O) groups is 3. The van der Waals surface area contributed by atoms with Gasteiger partial charge >= 0.3 is 6.18 Å². The lowest BCUT2D eigenvalue weighted by atomic mass is 10.0. The van der Waals surface area contributed by atoms with Crippen LogP contribution in [-0.2, 0) is 9.59 Å². The summed E-state index contributed by atoms with van der Waals surface area (Å²) in [5.41, 5.74) is 5.60. The highest BCUT2D eigenvalue weighted by molar-refractivity contribution is 6.09. The van der Waals surface area contributed by atoms with Gasteiger partial charge in [0.25, 0.3) is 0 Å². The quantitative estimate of drug-likeness (QED) is 0.646. The zero-order chi connectivity index (χ0) is 16.0. The second-order valence-corrected chi connectivity index (χ2v) is 4.22. The van der Waals surface area contributed by atoms with E-state index in [0.717, 1.165) is 0 Å². The Hall–Kier alpha value is -2.44. The van der Waals surface area contributed by atoms with E-state index in [4.69, 9.17) is 5.73 Å². The Bertz CT molecular complexity index is 574. The average Bonchev–Trinajstić information content (AvgIpc) is 2.37. The molecule has 0 heterocycles.